The molecule has 0 radical (unpaired) electrons. The molecule has 2 aromatic rings. The molecule has 4 heteroatoms. The first-order chi connectivity index (χ1) is 9.33. The lowest BCUT2D eigenvalue weighted by atomic mass is 10.1. The van der Waals surface area contributed by atoms with Crippen LogP contribution in [0.4, 0.5) is 0 Å². The summed E-state index contributed by atoms with van der Waals surface area (Å²) in [5, 5.41) is 0. The second kappa shape index (κ2) is 5.45. The van der Waals surface area contributed by atoms with Crippen molar-refractivity contribution in [1.82, 2.24) is 9.55 Å². The molecule has 1 aromatic carbocycles. The Morgan fingerprint density at radius 1 is 1.42 bits per heavy atom. The molecule has 0 saturated carbocycles. The van der Waals surface area contributed by atoms with E-state index in [-0.39, 0.29) is 6.04 Å². The van der Waals surface area contributed by atoms with Gasteiger partial charge in [-0.1, -0.05) is 6.07 Å². The van der Waals surface area contributed by atoms with Crippen molar-refractivity contribution in [3.05, 3.63) is 48.0 Å². The van der Waals surface area contributed by atoms with Crippen LogP contribution in [0, 0.1) is 0 Å². The molecular weight excluding hydrogens is 238 g/mol. The van der Waals surface area contributed by atoms with E-state index in [1.165, 1.54) is 11.1 Å². The van der Waals surface area contributed by atoms with Crippen LogP contribution in [0.5, 0.6) is 5.75 Å². The summed E-state index contributed by atoms with van der Waals surface area (Å²) in [5.74, 6) is 0.957. The molecule has 19 heavy (non-hydrogen) atoms. The molecule has 1 atom stereocenters. The zero-order chi connectivity index (χ0) is 13.1. The van der Waals surface area contributed by atoms with Crippen molar-refractivity contribution in [3.8, 4) is 5.75 Å². The molecule has 100 valence electrons. The maximum absolute atomic E-state index is 6.02. The Balaban J connectivity index is 1.51. The number of aromatic nitrogens is 2. The minimum absolute atomic E-state index is 0.213. The fraction of sp³-hybridized carbons (Fsp3) is 0.400. The Morgan fingerprint density at radius 3 is 3.21 bits per heavy atom. The van der Waals surface area contributed by atoms with Gasteiger partial charge >= 0.3 is 0 Å². The molecule has 3 rings (SSSR count). The fourth-order valence-electron chi connectivity index (χ4n) is 2.57. The third-order valence-corrected chi connectivity index (χ3v) is 3.63. The second-order valence-corrected chi connectivity index (χ2v) is 5.01. The van der Waals surface area contributed by atoms with Gasteiger partial charge in [-0.2, -0.15) is 0 Å². The highest BCUT2D eigenvalue weighted by Crippen LogP contribution is 2.31. The standard InChI is InChI=1S/C15H19N3O/c16-15-5-2-12-10-13(3-4-14(12)15)19-9-1-7-18-8-6-17-11-18/h3-4,6,8,10-11,15H,1-2,5,7,9,16H2. The molecule has 0 saturated heterocycles. The minimum atomic E-state index is 0.213. The monoisotopic (exact) mass is 257 g/mol. The maximum atomic E-state index is 6.02. The van der Waals surface area contributed by atoms with Gasteiger partial charge in [0.05, 0.1) is 12.9 Å². The lowest BCUT2D eigenvalue weighted by Gasteiger charge is -2.09. The van der Waals surface area contributed by atoms with E-state index in [1.54, 1.807) is 6.20 Å². The summed E-state index contributed by atoms with van der Waals surface area (Å²) < 4.78 is 7.85. The Morgan fingerprint density at radius 2 is 2.37 bits per heavy atom. The van der Waals surface area contributed by atoms with Crippen LogP contribution in [0.1, 0.15) is 30.0 Å². The van der Waals surface area contributed by atoms with Crippen molar-refractivity contribution in [2.24, 2.45) is 5.73 Å². The zero-order valence-corrected chi connectivity index (χ0v) is 11.0. The van der Waals surface area contributed by atoms with Crippen molar-refractivity contribution in [2.75, 3.05) is 6.61 Å². The van der Waals surface area contributed by atoms with Gasteiger partial charge < -0.3 is 15.0 Å². The number of ether oxygens (including phenoxy) is 1. The van der Waals surface area contributed by atoms with E-state index in [9.17, 15) is 0 Å². The molecule has 2 N–H and O–H groups in total. The quantitative estimate of drug-likeness (QED) is 0.836. The molecule has 0 bridgehead atoms. The smallest absolute Gasteiger partial charge is 0.119 e. The Kier molecular flexibility index (Phi) is 3.51. The largest absolute Gasteiger partial charge is 0.494 e. The van der Waals surface area contributed by atoms with Crippen molar-refractivity contribution in [2.45, 2.75) is 31.8 Å². The number of imidazole rings is 1. The van der Waals surface area contributed by atoms with E-state index >= 15 is 0 Å². The first-order valence-corrected chi connectivity index (χ1v) is 6.80. The first-order valence-electron chi connectivity index (χ1n) is 6.80. The molecule has 1 heterocycles. The van der Waals surface area contributed by atoms with Crippen LogP contribution in [-0.2, 0) is 13.0 Å². The SMILES string of the molecule is NC1CCc2cc(OCCCn3ccnc3)ccc21. The van der Waals surface area contributed by atoms with Gasteiger partial charge in [-0.3, -0.25) is 0 Å². The van der Waals surface area contributed by atoms with Gasteiger partial charge in [-0.05, 0) is 42.5 Å². The van der Waals surface area contributed by atoms with Crippen molar-refractivity contribution >= 4 is 0 Å². The summed E-state index contributed by atoms with van der Waals surface area (Å²) in [5.41, 5.74) is 8.65. The Hall–Kier alpha value is -1.81. The molecule has 4 nitrogen and oxygen atoms in total. The maximum Gasteiger partial charge on any atom is 0.119 e. The minimum Gasteiger partial charge on any atom is -0.494 e. The number of fused-ring (bicyclic) bond motifs is 1. The fourth-order valence-corrected chi connectivity index (χ4v) is 2.57. The van der Waals surface area contributed by atoms with Crippen LogP contribution in [0.2, 0.25) is 0 Å². The normalized spacial score (nSPS) is 17.4. The molecule has 0 fully saturated rings. The molecular formula is C15H19N3O. The molecule has 1 unspecified atom stereocenters. The highest BCUT2D eigenvalue weighted by Gasteiger charge is 2.18. The van der Waals surface area contributed by atoms with Gasteiger partial charge in [0.2, 0.25) is 0 Å². The molecule has 0 aliphatic heterocycles. The topological polar surface area (TPSA) is 53.1 Å². The van der Waals surface area contributed by atoms with Gasteiger partial charge in [0.15, 0.2) is 0 Å². The predicted octanol–water partition coefficient (Wildman–Crippen LogP) is 2.30. The van der Waals surface area contributed by atoms with Crippen LogP contribution >= 0.6 is 0 Å². The lowest BCUT2D eigenvalue weighted by Crippen LogP contribution is -2.05. The van der Waals surface area contributed by atoms with E-state index in [0.29, 0.717) is 0 Å². The summed E-state index contributed by atoms with van der Waals surface area (Å²) in [6, 6.07) is 6.49. The number of benzene rings is 1. The highest BCUT2D eigenvalue weighted by atomic mass is 16.5. The zero-order valence-electron chi connectivity index (χ0n) is 11.0. The summed E-state index contributed by atoms with van der Waals surface area (Å²) in [7, 11) is 0. The van der Waals surface area contributed by atoms with Gasteiger partial charge in [-0.25, -0.2) is 4.98 Å². The van der Waals surface area contributed by atoms with Gasteiger partial charge in [-0.15, -0.1) is 0 Å². The van der Waals surface area contributed by atoms with Crippen molar-refractivity contribution in [3.63, 3.8) is 0 Å². The Labute approximate surface area is 113 Å². The van der Waals surface area contributed by atoms with Crippen LogP contribution in [0.15, 0.2) is 36.9 Å². The third-order valence-electron chi connectivity index (χ3n) is 3.63. The van der Waals surface area contributed by atoms with Crippen LogP contribution in [-0.4, -0.2) is 16.2 Å². The number of hydrogen-bond acceptors (Lipinski definition) is 3. The van der Waals surface area contributed by atoms with Crippen molar-refractivity contribution in [1.29, 1.82) is 0 Å². The number of aryl methyl sites for hydroxylation is 2. The van der Waals surface area contributed by atoms with Gasteiger partial charge in [0.25, 0.3) is 0 Å². The highest BCUT2D eigenvalue weighted by molar-refractivity contribution is 5.40. The number of nitrogens with two attached hydrogens (primary N) is 1. The average Bonchev–Trinajstić information content (AvgIpc) is 3.05. The third kappa shape index (κ3) is 2.79. The van der Waals surface area contributed by atoms with E-state index in [0.717, 1.165) is 38.2 Å². The summed E-state index contributed by atoms with van der Waals surface area (Å²) in [6.45, 7) is 1.67. The number of nitrogens with zero attached hydrogens (tertiary/aromatic N) is 2. The van der Waals surface area contributed by atoms with E-state index in [4.69, 9.17) is 10.5 Å². The summed E-state index contributed by atoms with van der Waals surface area (Å²) in [6.07, 6.45) is 8.70. The number of rotatable bonds is 5. The number of hydrogen-bond donors (Lipinski definition) is 1. The molecule has 0 spiro atoms. The van der Waals surface area contributed by atoms with E-state index < -0.39 is 0 Å². The molecule has 1 aliphatic rings. The summed E-state index contributed by atoms with van der Waals surface area (Å²) in [4.78, 5) is 4.02. The van der Waals surface area contributed by atoms with Crippen LogP contribution in [0.25, 0.3) is 0 Å². The van der Waals surface area contributed by atoms with Gasteiger partial charge in [0.1, 0.15) is 5.75 Å². The lowest BCUT2D eigenvalue weighted by molar-refractivity contribution is 0.301. The van der Waals surface area contributed by atoms with Crippen molar-refractivity contribution < 1.29 is 4.74 Å². The molecule has 0 amide bonds. The summed E-state index contributed by atoms with van der Waals surface area (Å²) >= 11 is 0. The van der Waals surface area contributed by atoms with E-state index in [2.05, 4.69) is 21.7 Å². The molecule has 1 aromatic heterocycles. The Bertz CT molecular complexity index is 536. The average molecular weight is 257 g/mol. The predicted molar refractivity (Wildman–Crippen MR) is 74.0 cm³/mol. The van der Waals surface area contributed by atoms with E-state index in [1.807, 2.05) is 18.6 Å². The first kappa shape index (κ1) is 12.2. The van der Waals surface area contributed by atoms with Crippen LogP contribution < -0.4 is 10.5 Å². The van der Waals surface area contributed by atoms with Gasteiger partial charge in [0, 0.05) is 25.0 Å². The van der Waals surface area contributed by atoms with Crippen LogP contribution in [0.3, 0.4) is 0 Å². The molecule has 1 aliphatic carbocycles. The second-order valence-electron chi connectivity index (χ2n) is 5.01.